The van der Waals surface area contributed by atoms with Gasteiger partial charge >= 0.3 is 12.4 Å². The number of nitrogens with one attached hydrogen (secondary N) is 2. The van der Waals surface area contributed by atoms with Gasteiger partial charge in [0.1, 0.15) is 17.0 Å². The van der Waals surface area contributed by atoms with Crippen LogP contribution in [0.25, 0.3) is 11.1 Å². The van der Waals surface area contributed by atoms with Gasteiger partial charge in [-0.15, -0.1) is 0 Å². The molecule has 186 valence electrons. The highest BCUT2D eigenvalue weighted by atomic mass is 19.4. The third-order valence-electron chi connectivity index (χ3n) is 6.04. The Morgan fingerprint density at radius 1 is 1.14 bits per heavy atom. The molecule has 2 aliphatic heterocycles. The molecule has 3 heterocycles. The highest BCUT2D eigenvalue weighted by Crippen LogP contribution is 2.39. The van der Waals surface area contributed by atoms with Gasteiger partial charge in [0.15, 0.2) is 0 Å². The van der Waals surface area contributed by atoms with Crippen LogP contribution in [0.4, 0.5) is 32.0 Å². The smallest absolute Gasteiger partial charge is 0.433 e. The Labute approximate surface area is 194 Å². The molecule has 3 N–H and O–H groups in total. The van der Waals surface area contributed by atoms with Crippen molar-refractivity contribution in [1.82, 2.24) is 15.4 Å². The molecule has 7 nitrogen and oxygen atoms in total. The van der Waals surface area contributed by atoms with Crippen molar-refractivity contribution in [3.63, 3.8) is 0 Å². The number of hydrogen-bond donors (Lipinski definition) is 3. The molecule has 13 heteroatoms. The number of aliphatic hydroxyl groups is 1. The van der Waals surface area contributed by atoms with Crippen LogP contribution in [-0.4, -0.2) is 39.0 Å². The third-order valence-corrected chi connectivity index (χ3v) is 6.04. The number of rotatable bonds is 3. The number of carbonyl (C=O) groups is 2. The normalized spacial score (nSPS) is 21.1. The molecule has 1 aromatic carbocycles. The van der Waals surface area contributed by atoms with Crippen molar-refractivity contribution in [2.45, 2.75) is 37.7 Å². The zero-order chi connectivity index (χ0) is 25.8. The lowest BCUT2D eigenvalue weighted by Crippen LogP contribution is -2.58. The Morgan fingerprint density at radius 2 is 1.86 bits per heavy atom. The van der Waals surface area contributed by atoms with Gasteiger partial charge < -0.3 is 10.4 Å². The second kappa shape index (κ2) is 8.26. The Balaban J connectivity index is 1.75. The average Bonchev–Trinajstić information content (AvgIpc) is 3.14. The molecule has 35 heavy (non-hydrogen) atoms. The summed E-state index contributed by atoms with van der Waals surface area (Å²) in [5, 5.41) is 14.5. The third kappa shape index (κ3) is 4.43. The number of pyridine rings is 1. The number of aromatic nitrogens is 1. The Hall–Kier alpha value is -3.61. The number of fused-ring (bicyclic) bond motifs is 1. The van der Waals surface area contributed by atoms with E-state index in [0.29, 0.717) is 37.6 Å². The zero-order valence-electron chi connectivity index (χ0n) is 18.0. The van der Waals surface area contributed by atoms with E-state index in [9.17, 15) is 41.0 Å². The predicted octanol–water partition coefficient (Wildman–Crippen LogP) is 4.44. The van der Waals surface area contributed by atoms with Gasteiger partial charge in [-0.1, -0.05) is 6.07 Å². The van der Waals surface area contributed by atoms with Crippen LogP contribution < -0.4 is 10.7 Å². The van der Waals surface area contributed by atoms with Gasteiger partial charge in [0.05, 0.1) is 11.1 Å². The quantitative estimate of drug-likeness (QED) is 0.428. The van der Waals surface area contributed by atoms with Crippen molar-refractivity contribution in [2.24, 2.45) is 0 Å². The zero-order valence-corrected chi connectivity index (χ0v) is 18.0. The molecule has 1 atom stereocenters. The van der Waals surface area contributed by atoms with E-state index in [1.54, 1.807) is 6.92 Å². The van der Waals surface area contributed by atoms with Gasteiger partial charge in [-0.3, -0.25) is 20.0 Å². The summed E-state index contributed by atoms with van der Waals surface area (Å²) in [7, 11) is 0. The predicted molar refractivity (Wildman–Crippen MR) is 110 cm³/mol. The molecule has 2 aromatic rings. The van der Waals surface area contributed by atoms with Crippen molar-refractivity contribution in [3.05, 3.63) is 59.1 Å². The Kier molecular flexibility index (Phi) is 5.78. The molecule has 0 aliphatic carbocycles. The first-order valence-corrected chi connectivity index (χ1v) is 10.3. The first kappa shape index (κ1) is 24.5. The lowest BCUT2D eigenvalue weighted by Gasteiger charge is -2.39. The molecular weight excluding hydrogens is 482 g/mol. The topological polar surface area (TPSA) is 94.6 Å². The molecule has 1 aromatic heterocycles. The van der Waals surface area contributed by atoms with Crippen LogP contribution in [0.1, 0.15) is 31.0 Å². The summed E-state index contributed by atoms with van der Waals surface area (Å²) in [5.41, 5.74) is -2.13. The summed E-state index contributed by atoms with van der Waals surface area (Å²) < 4.78 is 78.5. The number of alkyl halides is 6. The van der Waals surface area contributed by atoms with Gasteiger partial charge in [0, 0.05) is 29.6 Å². The van der Waals surface area contributed by atoms with Gasteiger partial charge in [-0.25, -0.2) is 5.01 Å². The molecule has 2 aliphatic rings. The number of aliphatic hydroxyl groups excluding tert-OH is 1. The van der Waals surface area contributed by atoms with E-state index in [4.69, 9.17) is 0 Å². The maximum Gasteiger partial charge on any atom is 0.433 e. The van der Waals surface area contributed by atoms with E-state index in [0.717, 1.165) is 18.3 Å². The number of hydrazine groups is 1. The van der Waals surface area contributed by atoms with Gasteiger partial charge in [-0.05, 0) is 44.0 Å². The fourth-order valence-electron chi connectivity index (χ4n) is 4.13. The maximum absolute atomic E-state index is 13.3. The van der Waals surface area contributed by atoms with E-state index >= 15 is 0 Å². The van der Waals surface area contributed by atoms with Crippen LogP contribution in [0.3, 0.4) is 0 Å². The SMILES string of the molecule is C[C@]12CCCN1NC(=O)C(C(=O)Nc1ccc(C(F)(F)F)cc1-c1ccc(C(F)(F)F)nc1)=C2O. The van der Waals surface area contributed by atoms with Crippen LogP contribution in [0.15, 0.2) is 47.9 Å². The highest BCUT2D eigenvalue weighted by molar-refractivity contribution is 6.24. The van der Waals surface area contributed by atoms with E-state index < -0.39 is 52.3 Å². The molecule has 0 saturated carbocycles. The summed E-state index contributed by atoms with van der Waals surface area (Å²) in [5.74, 6) is -2.47. The van der Waals surface area contributed by atoms with E-state index in [2.05, 4.69) is 15.7 Å². The fraction of sp³-hybridized carbons (Fsp3) is 0.318. The number of hydrogen-bond acceptors (Lipinski definition) is 5. The van der Waals surface area contributed by atoms with Crippen LogP contribution in [0.2, 0.25) is 0 Å². The summed E-state index contributed by atoms with van der Waals surface area (Å²) in [6, 6.07) is 3.75. The molecular formula is C22H18F6N4O3. The van der Waals surface area contributed by atoms with Crippen LogP contribution in [-0.2, 0) is 21.9 Å². The summed E-state index contributed by atoms with van der Waals surface area (Å²) >= 11 is 0. The number of carbonyl (C=O) groups excluding carboxylic acids is 2. The molecule has 0 spiro atoms. The van der Waals surface area contributed by atoms with E-state index in [1.807, 2.05) is 0 Å². The number of nitrogens with zero attached hydrogens (tertiary/aromatic N) is 2. The standard InChI is InChI=1S/C22H18F6N4O3/c1-20-7-2-8-32(20)31-19(35)16(17(20)33)18(34)30-14-5-4-12(21(23,24)25)9-13(14)11-3-6-15(29-10-11)22(26,27)28/h3-6,9-10,33H,2,7-8H2,1H3,(H,30,34)(H,31,35)/t20-/m1/s1. The molecule has 0 radical (unpaired) electrons. The molecule has 1 fully saturated rings. The minimum atomic E-state index is -4.78. The summed E-state index contributed by atoms with van der Waals surface area (Å²) in [6.45, 7) is 2.07. The minimum absolute atomic E-state index is 0.139. The summed E-state index contributed by atoms with van der Waals surface area (Å²) in [6.07, 6.45) is -7.72. The van der Waals surface area contributed by atoms with Gasteiger partial charge in [0.2, 0.25) is 0 Å². The van der Waals surface area contributed by atoms with Crippen molar-refractivity contribution in [2.75, 3.05) is 11.9 Å². The molecule has 0 bridgehead atoms. The fourth-order valence-corrected chi connectivity index (χ4v) is 4.13. The van der Waals surface area contributed by atoms with Crippen LogP contribution in [0, 0.1) is 0 Å². The van der Waals surface area contributed by atoms with E-state index in [1.165, 1.54) is 5.01 Å². The number of anilines is 1. The second-order valence-corrected chi connectivity index (χ2v) is 8.34. The first-order valence-electron chi connectivity index (χ1n) is 10.3. The van der Waals surface area contributed by atoms with E-state index in [-0.39, 0.29) is 16.8 Å². The first-order chi connectivity index (χ1) is 16.2. The number of halogens is 6. The lowest BCUT2D eigenvalue weighted by molar-refractivity contribution is -0.141. The van der Waals surface area contributed by atoms with Crippen molar-refractivity contribution < 1.29 is 41.0 Å². The van der Waals surface area contributed by atoms with Gasteiger partial charge in [-0.2, -0.15) is 26.3 Å². The lowest BCUT2D eigenvalue weighted by atomic mass is 9.91. The second-order valence-electron chi connectivity index (χ2n) is 8.34. The highest BCUT2D eigenvalue weighted by Gasteiger charge is 2.49. The molecule has 4 rings (SSSR count). The number of benzene rings is 1. The van der Waals surface area contributed by atoms with Crippen LogP contribution >= 0.6 is 0 Å². The Bertz CT molecular complexity index is 1220. The van der Waals surface area contributed by atoms with Crippen molar-refractivity contribution >= 4 is 17.5 Å². The summed E-state index contributed by atoms with van der Waals surface area (Å²) in [4.78, 5) is 28.7. The van der Waals surface area contributed by atoms with Crippen LogP contribution in [0.5, 0.6) is 0 Å². The largest absolute Gasteiger partial charge is 0.509 e. The van der Waals surface area contributed by atoms with Crippen molar-refractivity contribution in [1.29, 1.82) is 0 Å². The van der Waals surface area contributed by atoms with Gasteiger partial charge in [0.25, 0.3) is 11.8 Å². The molecule has 2 amide bonds. The minimum Gasteiger partial charge on any atom is -0.509 e. The molecule has 0 unspecified atom stereocenters. The Morgan fingerprint density at radius 3 is 2.46 bits per heavy atom. The monoisotopic (exact) mass is 500 g/mol. The maximum atomic E-state index is 13.3. The average molecular weight is 500 g/mol. The van der Waals surface area contributed by atoms with Crippen molar-refractivity contribution in [3.8, 4) is 11.1 Å². The number of amides is 2. The molecule has 1 saturated heterocycles.